The number of carbonyl (C=O) groups excluding carboxylic acids is 1. The van der Waals surface area contributed by atoms with Crippen molar-refractivity contribution in [2.75, 3.05) is 6.61 Å². The molecule has 8 aliphatic rings. The molecule has 19 heteroatoms. The van der Waals surface area contributed by atoms with Gasteiger partial charge in [0, 0.05) is 0 Å². The van der Waals surface area contributed by atoms with Crippen LogP contribution in [0, 0.1) is 50.2 Å². The van der Waals surface area contributed by atoms with Crippen LogP contribution >= 0.6 is 0 Å². The Hall–Kier alpha value is -1.92. The van der Waals surface area contributed by atoms with Crippen molar-refractivity contribution in [3.8, 4) is 0 Å². The lowest BCUT2D eigenvalue weighted by atomic mass is 9.33. The molecule has 5 aliphatic carbocycles. The lowest BCUT2D eigenvalue weighted by Crippen LogP contribution is -2.68. The van der Waals surface area contributed by atoms with Crippen LogP contribution in [0.4, 0.5) is 0 Å². The highest BCUT2D eigenvalue weighted by Gasteiger charge is 2.72. The van der Waals surface area contributed by atoms with Gasteiger partial charge in [0.05, 0.1) is 24.9 Å². The molecule has 24 unspecified atom stereocenters. The minimum Gasteiger partial charge on any atom is -0.479 e. The predicted molar refractivity (Wildman–Crippen MR) is 231 cm³/mol. The molecule has 382 valence electrons. The summed E-state index contributed by atoms with van der Waals surface area (Å²) in [4.78, 5) is 27.1. The quantitative estimate of drug-likeness (QED) is 0.0882. The van der Waals surface area contributed by atoms with E-state index in [0.29, 0.717) is 38.5 Å². The maximum absolute atomic E-state index is 14.7. The Labute approximate surface area is 391 Å². The lowest BCUT2D eigenvalue weighted by Gasteiger charge is -2.71. The largest absolute Gasteiger partial charge is 0.479 e. The summed E-state index contributed by atoms with van der Waals surface area (Å²) in [6, 6.07) is 0. The first-order valence-corrected chi connectivity index (χ1v) is 24.3. The van der Waals surface area contributed by atoms with Crippen molar-refractivity contribution in [3.63, 3.8) is 0 Å². The van der Waals surface area contributed by atoms with Crippen molar-refractivity contribution in [1.29, 1.82) is 0 Å². The summed E-state index contributed by atoms with van der Waals surface area (Å²) < 4.78 is 35.2. The number of esters is 1. The van der Waals surface area contributed by atoms with E-state index in [0.717, 1.165) is 18.4 Å². The fraction of sp³-hybridized carbons (Fsp3) is 0.917. The summed E-state index contributed by atoms with van der Waals surface area (Å²) in [5.41, 5.74) is -2.24. The van der Waals surface area contributed by atoms with Crippen LogP contribution in [-0.2, 0) is 38.0 Å². The fourth-order valence-electron chi connectivity index (χ4n) is 15.1. The molecule has 19 nitrogen and oxygen atoms in total. The summed E-state index contributed by atoms with van der Waals surface area (Å²) >= 11 is 0. The first-order valence-electron chi connectivity index (χ1n) is 24.3. The van der Waals surface area contributed by atoms with E-state index in [1.165, 1.54) is 6.92 Å². The van der Waals surface area contributed by atoms with Gasteiger partial charge in [-0.3, -0.25) is 4.79 Å². The summed E-state index contributed by atoms with van der Waals surface area (Å²) in [6.07, 6.45) is -18.7. The summed E-state index contributed by atoms with van der Waals surface area (Å²) in [5, 5.41) is 118. The zero-order chi connectivity index (χ0) is 49.3. The van der Waals surface area contributed by atoms with Gasteiger partial charge in [-0.15, -0.1) is 0 Å². The van der Waals surface area contributed by atoms with Crippen molar-refractivity contribution in [2.24, 2.45) is 50.2 Å². The van der Waals surface area contributed by atoms with E-state index in [9.17, 15) is 65.8 Å². The predicted octanol–water partition coefficient (Wildman–Crippen LogP) is 0.231. The number of ether oxygens (including phenoxy) is 6. The Morgan fingerprint density at radius 3 is 1.99 bits per heavy atom. The summed E-state index contributed by atoms with van der Waals surface area (Å²) in [6.45, 7) is 16.1. The molecule has 0 spiro atoms. The van der Waals surface area contributed by atoms with E-state index >= 15 is 0 Å². The van der Waals surface area contributed by atoms with E-state index < -0.39 is 145 Å². The lowest BCUT2D eigenvalue weighted by molar-refractivity contribution is -0.363. The molecule has 3 aliphatic heterocycles. The van der Waals surface area contributed by atoms with Crippen molar-refractivity contribution in [3.05, 3.63) is 11.6 Å². The normalized spacial score (nSPS) is 53.7. The van der Waals surface area contributed by atoms with E-state index in [1.807, 2.05) is 0 Å². The summed E-state index contributed by atoms with van der Waals surface area (Å²) in [7, 11) is 0. The van der Waals surface area contributed by atoms with Crippen LogP contribution in [0.5, 0.6) is 0 Å². The van der Waals surface area contributed by atoms with Gasteiger partial charge in [0.25, 0.3) is 0 Å². The number of carboxylic acid groups (broad SMARTS) is 1. The SMILES string of the molecule is CC1OC(OC2C(O)C(OC3CCC4(C)C(CCC5(C)C4CC=C4C6CC(C)(C)CCC6(C(=O)OC6OC(CO)C(O)C(O)C6O)C(O)CC45C)C3(C)C)OC(C(=O)O)C2O)C(O)C(O)C1O. The molecular formula is C48H76O19. The van der Waals surface area contributed by atoms with Gasteiger partial charge in [-0.2, -0.15) is 0 Å². The third-order valence-electron chi connectivity index (χ3n) is 19.3. The van der Waals surface area contributed by atoms with Crippen LogP contribution in [0.25, 0.3) is 0 Å². The Morgan fingerprint density at radius 2 is 1.33 bits per heavy atom. The van der Waals surface area contributed by atoms with Gasteiger partial charge < -0.3 is 84.6 Å². The molecule has 3 saturated heterocycles. The molecule has 24 atom stereocenters. The molecule has 0 radical (unpaired) electrons. The van der Waals surface area contributed by atoms with E-state index in [1.54, 1.807) is 0 Å². The monoisotopic (exact) mass is 956 g/mol. The molecule has 8 rings (SSSR count). The third-order valence-corrected chi connectivity index (χ3v) is 19.3. The number of hydrogen-bond donors (Lipinski definition) is 11. The Morgan fingerprint density at radius 1 is 0.687 bits per heavy atom. The molecule has 7 fully saturated rings. The third kappa shape index (κ3) is 7.88. The molecule has 0 amide bonds. The van der Waals surface area contributed by atoms with Gasteiger partial charge in [0.2, 0.25) is 6.29 Å². The Kier molecular flexibility index (Phi) is 13.6. The molecule has 67 heavy (non-hydrogen) atoms. The van der Waals surface area contributed by atoms with Crippen LogP contribution in [0.3, 0.4) is 0 Å². The van der Waals surface area contributed by atoms with Gasteiger partial charge >= 0.3 is 11.9 Å². The number of rotatable bonds is 8. The number of aliphatic hydroxyl groups excluding tert-OH is 10. The van der Waals surface area contributed by atoms with E-state index in [2.05, 4.69) is 54.5 Å². The molecule has 3 heterocycles. The molecule has 11 N–H and O–H groups in total. The zero-order valence-electron chi connectivity index (χ0n) is 39.9. The van der Waals surface area contributed by atoms with Crippen molar-refractivity contribution < 1.29 is 94.2 Å². The maximum Gasteiger partial charge on any atom is 0.335 e. The highest BCUT2D eigenvalue weighted by atomic mass is 16.7. The summed E-state index contributed by atoms with van der Waals surface area (Å²) in [5.74, 6) is -2.55. The van der Waals surface area contributed by atoms with Crippen LogP contribution in [0.15, 0.2) is 11.6 Å². The highest BCUT2D eigenvalue weighted by Crippen LogP contribution is 2.76. The zero-order valence-corrected chi connectivity index (χ0v) is 39.9. The molecule has 0 bridgehead atoms. The Bertz CT molecular complexity index is 1890. The number of carbonyl (C=O) groups is 2. The fourth-order valence-corrected chi connectivity index (χ4v) is 15.1. The van der Waals surface area contributed by atoms with Gasteiger partial charge in [0.15, 0.2) is 18.7 Å². The highest BCUT2D eigenvalue weighted by molar-refractivity contribution is 5.80. The standard InChI is InChI=1S/C48H76O19/c1-20-28(51)30(53)32(55)39(62-20)65-36-34(57)37(38(59)60)66-41(35(36)58)64-27-12-13-45(6)24(44(27,4)5)11-14-46(7)25(45)10-9-21-22-17-43(2,3)15-16-48(22,26(50)18-47(21,46)8)42(61)67-40-33(56)31(54)29(52)23(19-49)63-40/h9,20,22-37,39-41,49-58H,10-19H2,1-8H3,(H,59,60). The molecule has 0 aromatic carbocycles. The molecule has 0 aromatic heterocycles. The average Bonchev–Trinajstić information content (AvgIpc) is 3.25. The second kappa shape index (κ2) is 17.7. The van der Waals surface area contributed by atoms with Crippen LogP contribution in [0.1, 0.15) is 113 Å². The molecular weight excluding hydrogens is 881 g/mol. The molecule has 0 aromatic rings. The topological polar surface area (TPSA) is 312 Å². The van der Waals surface area contributed by atoms with Gasteiger partial charge in [0.1, 0.15) is 66.5 Å². The van der Waals surface area contributed by atoms with Crippen LogP contribution in [-0.4, -0.2) is 179 Å². The van der Waals surface area contributed by atoms with Crippen LogP contribution in [0.2, 0.25) is 0 Å². The number of aliphatic hydroxyl groups is 10. The minimum atomic E-state index is -1.93. The number of fused-ring (bicyclic) bond motifs is 7. The second-order valence-corrected chi connectivity index (χ2v) is 23.6. The van der Waals surface area contributed by atoms with Gasteiger partial charge in [-0.05, 0) is 110 Å². The Balaban J connectivity index is 1.05. The van der Waals surface area contributed by atoms with Crippen molar-refractivity contribution in [2.45, 2.75) is 218 Å². The number of hydrogen-bond acceptors (Lipinski definition) is 18. The van der Waals surface area contributed by atoms with Gasteiger partial charge in [-0.1, -0.05) is 60.1 Å². The number of allylic oxidation sites excluding steroid dienone is 2. The van der Waals surface area contributed by atoms with Crippen molar-refractivity contribution in [1.82, 2.24) is 0 Å². The second-order valence-electron chi connectivity index (χ2n) is 23.6. The van der Waals surface area contributed by atoms with Crippen molar-refractivity contribution >= 4 is 11.9 Å². The number of aliphatic carboxylic acids is 1. The first kappa shape index (κ1) is 51.4. The average molecular weight is 957 g/mol. The van der Waals surface area contributed by atoms with E-state index in [4.69, 9.17) is 28.4 Å². The smallest absolute Gasteiger partial charge is 0.335 e. The van der Waals surface area contributed by atoms with Gasteiger partial charge in [-0.25, -0.2) is 4.79 Å². The minimum absolute atomic E-state index is 0.0546. The molecule has 4 saturated carbocycles. The maximum atomic E-state index is 14.7. The number of carboxylic acids is 1. The van der Waals surface area contributed by atoms with E-state index in [-0.39, 0.29) is 34.5 Å². The van der Waals surface area contributed by atoms with Crippen LogP contribution < -0.4 is 0 Å². The first-order chi connectivity index (χ1) is 31.1.